The molecule has 0 aliphatic rings. The third kappa shape index (κ3) is 3.51. The van der Waals surface area contributed by atoms with E-state index < -0.39 is 0 Å². The van der Waals surface area contributed by atoms with Crippen LogP contribution in [0.4, 0.5) is 0 Å². The van der Waals surface area contributed by atoms with Crippen molar-refractivity contribution in [3.8, 4) is 17.0 Å². The predicted molar refractivity (Wildman–Crippen MR) is 83.8 cm³/mol. The van der Waals surface area contributed by atoms with Crippen LogP contribution in [0.2, 0.25) is 0 Å². The molecule has 0 saturated heterocycles. The Morgan fingerprint density at radius 2 is 2.14 bits per heavy atom. The van der Waals surface area contributed by atoms with Gasteiger partial charge in [-0.15, -0.1) is 0 Å². The first kappa shape index (κ1) is 15.3. The second-order valence-electron chi connectivity index (χ2n) is 5.68. The molecule has 112 valence electrons. The fraction of sp³-hybridized carbons (Fsp3) is 0.412. The Balaban J connectivity index is 2.34. The van der Waals surface area contributed by atoms with Gasteiger partial charge < -0.3 is 4.74 Å². The minimum atomic E-state index is 0.612. The summed E-state index contributed by atoms with van der Waals surface area (Å²) in [5.41, 5.74) is 3.34. The molecule has 0 radical (unpaired) electrons. The first-order valence-corrected chi connectivity index (χ1v) is 7.22. The highest BCUT2D eigenvalue weighted by molar-refractivity contribution is 5.85. The third-order valence-corrected chi connectivity index (χ3v) is 3.52. The molecular formula is C17H22N2O2. The standard InChI is InChI=1S/C17H22N2O2/c1-12(2)7-8-19-10-15(11-20)17(18-19)14-5-6-16(21-4)13(3)9-14/h5-6,9-12H,7-8H2,1-4H3. The summed E-state index contributed by atoms with van der Waals surface area (Å²) in [7, 11) is 1.65. The van der Waals surface area contributed by atoms with Gasteiger partial charge in [-0.1, -0.05) is 13.8 Å². The zero-order chi connectivity index (χ0) is 15.4. The SMILES string of the molecule is COc1ccc(-c2nn(CCC(C)C)cc2C=O)cc1C. The van der Waals surface area contributed by atoms with Crippen LogP contribution in [0.5, 0.6) is 5.75 Å². The van der Waals surface area contributed by atoms with Crippen molar-refractivity contribution in [3.05, 3.63) is 35.5 Å². The van der Waals surface area contributed by atoms with Crippen molar-refractivity contribution in [2.75, 3.05) is 7.11 Å². The normalized spacial score (nSPS) is 10.9. The Labute approximate surface area is 125 Å². The number of aromatic nitrogens is 2. The zero-order valence-electron chi connectivity index (χ0n) is 13.1. The van der Waals surface area contributed by atoms with E-state index >= 15 is 0 Å². The van der Waals surface area contributed by atoms with Crippen LogP contribution in [0, 0.1) is 12.8 Å². The van der Waals surface area contributed by atoms with Crippen LogP contribution in [-0.4, -0.2) is 23.2 Å². The molecule has 0 bridgehead atoms. The summed E-state index contributed by atoms with van der Waals surface area (Å²) in [6, 6.07) is 5.85. The van der Waals surface area contributed by atoms with Gasteiger partial charge in [-0.3, -0.25) is 9.48 Å². The first-order chi connectivity index (χ1) is 10.0. The first-order valence-electron chi connectivity index (χ1n) is 7.22. The van der Waals surface area contributed by atoms with Crippen molar-refractivity contribution in [1.29, 1.82) is 0 Å². The Hall–Kier alpha value is -2.10. The number of aldehydes is 1. The van der Waals surface area contributed by atoms with Gasteiger partial charge in [0.15, 0.2) is 6.29 Å². The van der Waals surface area contributed by atoms with Crippen molar-refractivity contribution in [2.45, 2.75) is 33.7 Å². The summed E-state index contributed by atoms with van der Waals surface area (Å²) >= 11 is 0. The number of methoxy groups -OCH3 is 1. The van der Waals surface area contributed by atoms with Crippen molar-refractivity contribution in [2.24, 2.45) is 5.92 Å². The maximum absolute atomic E-state index is 11.3. The van der Waals surface area contributed by atoms with Gasteiger partial charge in [0.1, 0.15) is 11.4 Å². The van der Waals surface area contributed by atoms with Gasteiger partial charge in [-0.05, 0) is 43.0 Å². The Morgan fingerprint density at radius 1 is 1.38 bits per heavy atom. The third-order valence-electron chi connectivity index (χ3n) is 3.52. The molecule has 0 aliphatic heterocycles. The highest BCUT2D eigenvalue weighted by atomic mass is 16.5. The average Bonchev–Trinajstić information content (AvgIpc) is 2.88. The molecule has 0 unspecified atom stereocenters. The number of aryl methyl sites for hydroxylation is 2. The monoisotopic (exact) mass is 286 g/mol. The van der Waals surface area contributed by atoms with Crippen LogP contribution in [0.25, 0.3) is 11.3 Å². The summed E-state index contributed by atoms with van der Waals surface area (Å²) in [6.07, 6.45) is 3.74. The molecule has 0 amide bonds. The van der Waals surface area contributed by atoms with E-state index in [4.69, 9.17) is 4.74 Å². The number of hydrogen-bond acceptors (Lipinski definition) is 3. The van der Waals surface area contributed by atoms with Crippen LogP contribution in [0.1, 0.15) is 36.2 Å². The molecular weight excluding hydrogens is 264 g/mol. The fourth-order valence-corrected chi connectivity index (χ4v) is 2.28. The summed E-state index contributed by atoms with van der Waals surface area (Å²) in [4.78, 5) is 11.3. The Morgan fingerprint density at radius 3 is 2.71 bits per heavy atom. The maximum atomic E-state index is 11.3. The predicted octanol–water partition coefficient (Wildman–Crippen LogP) is 3.73. The second-order valence-corrected chi connectivity index (χ2v) is 5.68. The van der Waals surface area contributed by atoms with Crippen molar-refractivity contribution >= 4 is 6.29 Å². The van der Waals surface area contributed by atoms with E-state index in [9.17, 15) is 4.79 Å². The quantitative estimate of drug-likeness (QED) is 0.760. The maximum Gasteiger partial charge on any atom is 0.153 e. The fourth-order valence-electron chi connectivity index (χ4n) is 2.28. The van der Waals surface area contributed by atoms with E-state index in [0.717, 1.165) is 41.8 Å². The topological polar surface area (TPSA) is 44.1 Å². The van der Waals surface area contributed by atoms with Gasteiger partial charge in [0, 0.05) is 18.3 Å². The van der Waals surface area contributed by atoms with E-state index in [1.54, 1.807) is 7.11 Å². The van der Waals surface area contributed by atoms with E-state index in [-0.39, 0.29) is 0 Å². The molecule has 0 N–H and O–H groups in total. The van der Waals surface area contributed by atoms with Gasteiger partial charge in [-0.2, -0.15) is 5.10 Å². The van der Waals surface area contributed by atoms with Crippen LogP contribution < -0.4 is 4.74 Å². The summed E-state index contributed by atoms with van der Waals surface area (Å²) < 4.78 is 7.13. The lowest BCUT2D eigenvalue weighted by molar-refractivity contribution is 0.112. The molecule has 0 fully saturated rings. The lowest BCUT2D eigenvalue weighted by Gasteiger charge is -2.06. The van der Waals surface area contributed by atoms with E-state index in [2.05, 4.69) is 18.9 Å². The molecule has 21 heavy (non-hydrogen) atoms. The summed E-state index contributed by atoms with van der Waals surface area (Å²) in [5.74, 6) is 1.45. The lowest BCUT2D eigenvalue weighted by atomic mass is 10.1. The molecule has 0 saturated carbocycles. The van der Waals surface area contributed by atoms with Gasteiger partial charge in [0.05, 0.1) is 12.7 Å². The minimum Gasteiger partial charge on any atom is -0.496 e. The van der Waals surface area contributed by atoms with E-state index in [1.165, 1.54) is 0 Å². The van der Waals surface area contributed by atoms with Crippen molar-refractivity contribution in [3.63, 3.8) is 0 Å². The molecule has 1 aromatic carbocycles. The Kier molecular flexibility index (Phi) is 4.78. The number of carbonyl (C=O) groups excluding carboxylic acids is 1. The number of carbonyl (C=O) groups is 1. The molecule has 4 heteroatoms. The number of ether oxygens (including phenoxy) is 1. The second kappa shape index (κ2) is 6.57. The summed E-state index contributed by atoms with van der Waals surface area (Å²) in [5, 5.41) is 4.56. The van der Waals surface area contributed by atoms with E-state index in [0.29, 0.717) is 11.5 Å². The zero-order valence-corrected chi connectivity index (χ0v) is 13.1. The smallest absolute Gasteiger partial charge is 0.153 e. The van der Waals surface area contributed by atoms with Gasteiger partial charge in [0.2, 0.25) is 0 Å². The number of nitrogens with zero attached hydrogens (tertiary/aromatic N) is 2. The van der Waals surface area contributed by atoms with E-state index in [1.807, 2.05) is 36.0 Å². The van der Waals surface area contributed by atoms with Gasteiger partial charge in [-0.25, -0.2) is 0 Å². The van der Waals surface area contributed by atoms with Crippen LogP contribution in [-0.2, 0) is 6.54 Å². The molecule has 1 aromatic heterocycles. The van der Waals surface area contributed by atoms with Crippen molar-refractivity contribution in [1.82, 2.24) is 9.78 Å². The molecule has 0 spiro atoms. The number of hydrogen-bond donors (Lipinski definition) is 0. The van der Waals surface area contributed by atoms with Gasteiger partial charge in [0.25, 0.3) is 0 Å². The highest BCUT2D eigenvalue weighted by Gasteiger charge is 2.12. The van der Waals surface area contributed by atoms with Crippen molar-refractivity contribution < 1.29 is 9.53 Å². The molecule has 1 heterocycles. The summed E-state index contributed by atoms with van der Waals surface area (Å²) in [6.45, 7) is 7.17. The molecule has 4 nitrogen and oxygen atoms in total. The van der Waals surface area contributed by atoms with Gasteiger partial charge >= 0.3 is 0 Å². The molecule has 2 aromatic rings. The minimum absolute atomic E-state index is 0.612. The number of benzene rings is 1. The average molecular weight is 286 g/mol. The van der Waals surface area contributed by atoms with Crippen LogP contribution in [0.3, 0.4) is 0 Å². The number of rotatable bonds is 6. The Bertz CT molecular complexity index is 630. The van der Waals surface area contributed by atoms with Crippen LogP contribution >= 0.6 is 0 Å². The molecule has 0 aliphatic carbocycles. The van der Waals surface area contributed by atoms with Crippen LogP contribution in [0.15, 0.2) is 24.4 Å². The lowest BCUT2D eigenvalue weighted by Crippen LogP contribution is -2.02. The molecule has 0 atom stereocenters. The highest BCUT2D eigenvalue weighted by Crippen LogP contribution is 2.27. The molecule has 2 rings (SSSR count). The largest absolute Gasteiger partial charge is 0.496 e.